The van der Waals surface area contributed by atoms with Gasteiger partial charge in [-0.05, 0) is 38.5 Å². The molecule has 9 heteroatoms. The van der Waals surface area contributed by atoms with E-state index < -0.39 is 24.5 Å². The molecule has 0 aromatic heterocycles. The highest BCUT2D eigenvalue weighted by Gasteiger charge is 2.19. The number of amides is 2. The molecule has 4 N–H and O–H groups in total. The third-order valence-corrected chi connectivity index (χ3v) is 9.10. The van der Waals surface area contributed by atoms with Crippen LogP contribution in [0, 0.1) is 0 Å². The van der Waals surface area contributed by atoms with Gasteiger partial charge in [0.1, 0.15) is 12.1 Å². The molecule has 48 heavy (non-hydrogen) atoms. The highest BCUT2D eigenvalue weighted by molar-refractivity contribution is 5.87. The summed E-state index contributed by atoms with van der Waals surface area (Å²) >= 11 is 0. The molecule has 0 bridgehead atoms. The van der Waals surface area contributed by atoms with E-state index >= 15 is 0 Å². The van der Waals surface area contributed by atoms with Crippen LogP contribution < -0.4 is 10.6 Å². The van der Waals surface area contributed by atoms with Crippen molar-refractivity contribution in [3.8, 4) is 0 Å². The van der Waals surface area contributed by atoms with Gasteiger partial charge >= 0.3 is 11.9 Å². The van der Waals surface area contributed by atoms with E-state index in [9.17, 15) is 19.2 Å². The van der Waals surface area contributed by atoms with Crippen LogP contribution >= 0.6 is 0 Å². The van der Waals surface area contributed by atoms with Gasteiger partial charge in [-0.25, -0.2) is 4.79 Å². The van der Waals surface area contributed by atoms with E-state index in [0.29, 0.717) is 12.8 Å². The maximum Gasteiger partial charge on any atom is 0.328 e. The Morgan fingerprint density at radius 3 is 1.35 bits per heavy atom. The van der Waals surface area contributed by atoms with Gasteiger partial charge in [0.2, 0.25) is 11.8 Å². The van der Waals surface area contributed by atoms with Gasteiger partial charge in [-0.1, -0.05) is 149 Å². The molecule has 0 radical (unpaired) electrons. The van der Waals surface area contributed by atoms with Crippen molar-refractivity contribution in [1.29, 1.82) is 0 Å². The van der Waals surface area contributed by atoms with Crippen LogP contribution in [-0.2, 0) is 23.9 Å². The van der Waals surface area contributed by atoms with Crippen LogP contribution in [0.3, 0.4) is 0 Å². The number of rotatable bonds is 36. The molecule has 282 valence electrons. The molecular formula is C39H74N2O7. The first-order valence-corrected chi connectivity index (χ1v) is 19.9. The summed E-state index contributed by atoms with van der Waals surface area (Å²) in [5, 5.41) is 22.5. The first-order chi connectivity index (χ1) is 23.3. The third-order valence-electron chi connectivity index (χ3n) is 9.10. The number of carboxylic acids is 1. The van der Waals surface area contributed by atoms with E-state index in [0.717, 1.165) is 51.4 Å². The lowest BCUT2D eigenvalue weighted by molar-refractivity contribution is -0.150. The number of aliphatic hydroxyl groups is 1. The fourth-order valence-corrected chi connectivity index (χ4v) is 6.01. The molecule has 0 aromatic rings. The first kappa shape index (κ1) is 45.8. The molecule has 0 fully saturated rings. The normalized spacial score (nSPS) is 12.4. The summed E-state index contributed by atoms with van der Waals surface area (Å²) in [7, 11) is 0. The number of hydrogen-bond acceptors (Lipinski definition) is 6. The Kier molecular flexibility index (Phi) is 33.1. The number of carbonyl (C=O) groups is 4. The zero-order valence-corrected chi connectivity index (χ0v) is 31.0. The molecule has 0 heterocycles. The molecule has 0 saturated heterocycles. The summed E-state index contributed by atoms with van der Waals surface area (Å²) in [5.74, 6) is -2.32. The number of unbranched alkanes of at least 4 members (excludes halogenated alkanes) is 22. The molecule has 0 aliphatic rings. The van der Waals surface area contributed by atoms with Crippen molar-refractivity contribution in [2.45, 2.75) is 212 Å². The second-order valence-corrected chi connectivity index (χ2v) is 13.7. The largest absolute Gasteiger partial charge is 0.480 e. The van der Waals surface area contributed by atoms with Gasteiger partial charge in [0, 0.05) is 12.8 Å². The van der Waals surface area contributed by atoms with E-state index in [1.807, 2.05) is 0 Å². The predicted octanol–water partition coefficient (Wildman–Crippen LogP) is 8.93. The van der Waals surface area contributed by atoms with Crippen LogP contribution in [0.15, 0.2) is 0 Å². The standard InChI is InChI=1S/C39H74N2O7/c1-3-5-7-9-10-11-12-13-14-15-16-17-18-19-21-27-31-38(45)48-34(28-24-20-8-6-4-2)29-25-22-23-26-30-36(43)40-32-37(44)41-35(33-42)39(46)47/h34-35,42H,3-33H2,1-2H3,(H,40,43)(H,41,44)(H,46,47). The maximum absolute atomic E-state index is 12.6. The molecule has 0 aromatic carbocycles. The van der Waals surface area contributed by atoms with Crippen LogP contribution in [0.4, 0.5) is 0 Å². The van der Waals surface area contributed by atoms with E-state index in [1.165, 1.54) is 116 Å². The van der Waals surface area contributed by atoms with Gasteiger partial charge in [0.05, 0.1) is 13.2 Å². The Morgan fingerprint density at radius 2 is 0.938 bits per heavy atom. The topological polar surface area (TPSA) is 142 Å². The highest BCUT2D eigenvalue weighted by atomic mass is 16.5. The number of carboxylic acid groups (broad SMARTS) is 1. The van der Waals surface area contributed by atoms with Crippen molar-refractivity contribution in [1.82, 2.24) is 10.6 Å². The number of carbonyl (C=O) groups excluding carboxylic acids is 3. The molecule has 2 atom stereocenters. The molecular weight excluding hydrogens is 608 g/mol. The minimum atomic E-state index is -1.38. The Labute approximate surface area is 293 Å². The average Bonchev–Trinajstić information content (AvgIpc) is 3.07. The lowest BCUT2D eigenvalue weighted by atomic mass is 10.0. The van der Waals surface area contributed by atoms with Crippen molar-refractivity contribution < 1.29 is 34.1 Å². The zero-order chi connectivity index (χ0) is 35.5. The van der Waals surface area contributed by atoms with Crippen LogP contribution in [-0.4, -0.2) is 59.3 Å². The number of aliphatic carboxylic acids is 1. The van der Waals surface area contributed by atoms with Crippen LogP contribution in [0.5, 0.6) is 0 Å². The SMILES string of the molecule is CCCCCCCCCCCCCCCCCCC(=O)OC(CCCCCCC)CCCCCCC(=O)NCC(=O)NC(CO)C(=O)O. The van der Waals surface area contributed by atoms with Crippen molar-refractivity contribution in [2.24, 2.45) is 0 Å². The smallest absolute Gasteiger partial charge is 0.328 e. The second-order valence-electron chi connectivity index (χ2n) is 13.7. The fourth-order valence-electron chi connectivity index (χ4n) is 6.01. The van der Waals surface area contributed by atoms with E-state index in [2.05, 4.69) is 24.5 Å². The minimum absolute atomic E-state index is 0.0319. The first-order valence-electron chi connectivity index (χ1n) is 19.9. The van der Waals surface area contributed by atoms with Crippen LogP contribution in [0.1, 0.15) is 200 Å². The molecule has 0 aliphatic heterocycles. The molecule has 9 nitrogen and oxygen atoms in total. The molecule has 0 aliphatic carbocycles. The number of hydrogen-bond donors (Lipinski definition) is 4. The fraction of sp³-hybridized carbons (Fsp3) is 0.897. The minimum Gasteiger partial charge on any atom is -0.480 e. The zero-order valence-electron chi connectivity index (χ0n) is 31.0. The molecule has 0 spiro atoms. The predicted molar refractivity (Wildman–Crippen MR) is 195 cm³/mol. The number of nitrogens with one attached hydrogen (secondary N) is 2. The van der Waals surface area contributed by atoms with E-state index in [4.69, 9.17) is 14.9 Å². The summed E-state index contributed by atoms with van der Waals surface area (Å²) in [6.07, 6.45) is 32.9. The van der Waals surface area contributed by atoms with Crippen molar-refractivity contribution in [3.63, 3.8) is 0 Å². The van der Waals surface area contributed by atoms with Gasteiger partial charge in [0.25, 0.3) is 0 Å². The molecule has 2 amide bonds. The Hall–Kier alpha value is -2.16. The molecule has 0 rings (SSSR count). The van der Waals surface area contributed by atoms with Gasteiger partial charge < -0.3 is 25.6 Å². The quantitative estimate of drug-likeness (QED) is 0.0382. The van der Waals surface area contributed by atoms with Gasteiger partial charge in [0.15, 0.2) is 0 Å². The Balaban J connectivity index is 4.03. The number of esters is 1. The van der Waals surface area contributed by atoms with Crippen LogP contribution in [0.2, 0.25) is 0 Å². The summed E-state index contributed by atoms with van der Waals surface area (Å²) in [5.41, 5.74) is 0. The van der Waals surface area contributed by atoms with E-state index in [-0.39, 0.29) is 30.9 Å². The third kappa shape index (κ3) is 31.1. The van der Waals surface area contributed by atoms with Gasteiger partial charge in [-0.2, -0.15) is 0 Å². The van der Waals surface area contributed by atoms with Gasteiger partial charge in [-0.3, -0.25) is 14.4 Å². The second kappa shape index (κ2) is 34.7. The van der Waals surface area contributed by atoms with Crippen molar-refractivity contribution >= 4 is 23.8 Å². The maximum atomic E-state index is 12.6. The highest BCUT2D eigenvalue weighted by Crippen LogP contribution is 2.18. The van der Waals surface area contributed by atoms with Crippen LogP contribution in [0.25, 0.3) is 0 Å². The number of ether oxygens (including phenoxy) is 1. The monoisotopic (exact) mass is 683 g/mol. The molecule has 2 unspecified atom stereocenters. The van der Waals surface area contributed by atoms with Crippen molar-refractivity contribution in [3.05, 3.63) is 0 Å². The Bertz CT molecular complexity index is 792. The summed E-state index contributed by atoms with van der Waals surface area (Å²) in [6, 6.07) is -1.38. The number of aliphatic hydroxyl groups excluding tert-OH is 1. The lowest BCUT2D eigenvalue weighted by Crippen LogP contribution is -2.47. The van der Waals surface area contributed by atoms with Gasteiger partial charge in [-0.15, -0.1) is 0 Å². The van der Waals surface area contributed by atoms with E-state index in [1.54, 1.807) is 0 Å². The van der Waals surface area contributed by atoms with Crippen molar-refractivity contribution in [2.75, 3.05) is 13.2 Å². The average molecular weight is 683 g/mol. The molecule has 0 saturated carbocycles. The lowest BCUT2D eigenvalue weighted by Gasteiger charge is -2.18. The summed E-state index contributed by atoms with van der Waals surface area (Å²) in [4.78, 5) is 47.3. The summed E-state index contributed by atoms with van der Waals surface area (Å²) in [6.45, 7) is 3.44. The Morgan fingerprint density at radius 1 is 0.542 bits per heavy atom. The summed E-state index contributed by atoms with van der Waals surface area (Å²) < 4.78 is 5.94.